The molecule has 1 aromatic heterocycles. The molecule has 82 valence electrons. The lowest BCUT2D eigenvalue weighted by Crippen LogP contribution is -1.98. The third kappa shape index (κ3) is 2.73. The summed E-state index contributed by atoms with van der Waals surface area (Å²) in [6.45, 7) is 0. The zero-order valence-corrected chi connectivity index (χ0v) is 9.41. The van der Waals surface area contributed by atoms with Crippen LogP contribution in [0.5, 0.6) is 0 Å². The van der Waals surface area contributed by atoms with Gasteiger partial charge in [-0.05, 0) is 12.1 Å². The second-order valence-electron chi connectivity index (χ2n) is 3.38. The molecular weight excluding hydrogens is 222 g/mol. The maximum Gasteiger partial charge on any atom is 0.313 e. The van der Waals surface area contributed by atoms with Crippen molar-refractivity contribution in [2.24, 2.45) is 0 Å². The Hall–Kier alpha value is -1.55. The van der Waals surface area contributed by atoms with Crippen LogP contribution in [0.1, 0.15) is 5.69 Å². The summed E-state index contributed by atoms with van der Waals surface area (Å²) in [5.74, 6) is -0.0307. The number of aromatic nitrogens is 1. The van der Waals surface area contributed by atoms with Gasteiger partial charge >= 0.3 is 5.97 Å². The normalized spacial score (nSPS) is 10.5. The van der Waals surface area contributed by atoms with Gasteiger partial charge in [-0.15, -0.1) is 11.8 Å². The number of rotatable bonds is 4. The van der Waals surface area contributed by atoms with Crippen LogP contribution in [0.15, 0.2) is 36.4 Å². The largest absolute Gasteiger partial charge is 0.481 e. The van der Waals surface area contributed by atoms with Crippen LogP contribution in [0.4, 0.5) is 0 Å². The standard InChI is InChI=1S/C12H11NO2S/c14-12(15)8-16-7-10-6-5-9-3-1-2-4-11(9)13-10/h1-6H,7-8H2,(H,14,15). The van der Waals surface area contributed by atoms with E-state index in [0.29, 0.717) is 5.75 Å². The van der Waals surface area contributed by atoms with Gasteiger partial charge in [-0.3, -0.25) is 9.78 Å². The minimum atomic E-state index is -0.786. The highest BCUT2D eigenvalue weighted by atomic mass is 32.2. The molecule has 2 rings (SSSR count). The van der Waals surface area contributed by atoms with E-state index in [-0.39, 0.29) is 5.75 Å². The van der Waals surface area contributed by atoms with E-state index in [2.05, 4.69) is 4.98 Å². The lowest BCUT2D eigenvalue weighted by molar-refractivity contribution is -0.133. The Balaban J connectivity index is 2.10. The van der Waals surface area contributed by atoms with Gasteiger partial charge in [0.15, 0.2) is 0 Å². The van der Waals surface area contributed by atoms with E-state index >= 15 is 0 Å². The van der Waals surface area contributed by atoms with Crippen molar-refractivity contribution in [2.45, 2.75) is 5.75 Å². The molecule has 0 aliphatic rings. The van der Waals surface area contributed by atoms with E-state index in [1.165, 1.54) is 11.8 Å². The van der Waals surface area contributed by atoms with E-state index in [0.717, 1.165) is 16.6 Å². The van der Waals surface area contributed by atoms with E-state index in [9.17, 15) is 4.79 Å². The van der Waals surface area contributed by atoms with Crippen molar-refractivity contribution in [3.63, 3.8) is 0 Å². The average molecular weight is 233 g/mol. The smallest absolute Gasteiger partial charge is 0.313 e. The molecule has 0 fully saturated rings. The van der Waals surface area contributed by atoms with E-state index in [1.54, 1.807) is 0 Å². The quantitative estimate of drug-likeness (QED) is 0.881. The minimum Gasteiger partial charge on any atom is -0.481 e. The molecule has 0 bridgehead atoms. The highest BCUT2D eigenvalue weighted by molar-refractivity contribution is 7.99. The molecule has 16 heavy (non-hydrogen) atoms. The third-order valence-corrected chi connectivity index (χ3v) is 3.08. The lowest BCUT2D eigenvalue weighted by Gasteiger charge is -2.01. The van der Waals surface area contributed by atoms with Crippen LogP contribution < -0.4 is 0 Å². The number of carbonyl (C=O) groups is 1. The van der Waals surface area contributed by atoms with Gasteiger partial charge in [0, 0.05) is 11.1 Å². The first-order chi connectivity index (χ1) is 7.75. The summed E-state index contributed by atoms with van der Waals surface area (Å²) >= 11 is 1.36. The fraction of sp³-hybridized carbons (Fsp3) is 0.167. The first kappa shape index (κ1) is 11.0. The van der Waals surface area contributed by atoms with Crippen LogP contribution in [0.25, 0.3) is 10.9 Å². The molecule has 3 nitrogen and oxygen atoms in total. The Bertz CT molecular complexity index is 513. The highest BCUT2D eigenvalue weighted by Crippen LogP contribution is 2.15. The SMILES string of the molecule is O=C(O)CSCc1ccc2ccccc2n1. The molecule has 0 unspecified atom stereocenters. The molecule has 0 aliphatic carbocycles. The summed E-state index contributed by atoms with van der Waals surface area (Å²) in [6.07, 6.45) is 0. The number of hydrogen-bond acceptors (Lipinski definition) is 3. The first-order valence-electron chi connectivity index (χ1n) is 4.90. The molecule has 0 aliphatic heterocycles. The van der Waals surface area contributed by atoms with Crippen molar-refractivity contribution in [1.82, 2.24) is 4.98 Å². The maximum absolute atomic E-state index is 10.4. The number of hydrogen-bond donors (Lipinski definition) is 1. The molecular formula is C12H11NO2S. The van der Waals surface area contributed by atoms with Crippen LogP contribution in [0.2, 0.25) is 0 Å². The third-order valence-electron chi connectivity index (χ3n) is 2.13. The van der Waals surface area contributed by atoms with Gasteiger partial charge in [0.25, 0.3) is 0 Å². The second-order valence-corrected chi connectivity index (χ2v) is 4.37. The van der Waals surface area contributed by atoms with Crippen molar-refractivity contribution < 1.29 is 9.90 Å². The minimum absolute atomic E-state index is 0.120. The maximum atomic E-state index is 10.4. The molecule has 0 saturated heterocycles. The topological polar surface area (TPSA) is 50.2 Å². The van der Waals surface area contributed by atoms with Crippen molar-refractivity contribution in [2.75, 3.05) is 5.75 Å². The first-order valence-corrected chi connectivity index (χ1v) is 6.05. The Morgan fingerprint density at radius 1 is 1.25 bits per heavy atom. The number of pyridine rings is 1. The molecule has 0 saturated carbocycles. The van der Waals surface area contributed by atoms with Crippen LogP contribution >= 0.6 is 11.8 Å². The number of carboxylic acid groups (broad SMARTS) is 1. The number of benzene rings is 1. The van der Waals surface area contributed by atoms with Gasteiger partial charge in [-0.1, -0.05) is 24.3 Å². The van der Waals surface area contributed by atoms with Gasteiger partial charge < -0.3 is 5.11 Å². The second kappa shape index (κ2) is 4.99. The zero-order valence-electron chi connectivity index (χ0n) is 8.59. The molecule has 2 aromatic rings. The number of para-hydroxylation sites is 1. The van der Waals surface area contributed by atoms with Gasteiger partial charge in [0.05, 0.1) is 17.0 Å². The van der Waals surface area contributed by atoms with Crippen molar-refractivity contribution >= 4 is 28.6 Å². The summed E-state index contributed by atoms with van der Waals surface area (Å²) in [7, 11) is 0. The van der Waals surface area contributed by atoms with E-state index in [1.807, 2.05) is 36.4 Å². The zero-order chi connectivity index (χ0) is 11.4. The number of fused-ring (bicyclic) bond motifs is 1. The summed E-state index contributed by atoms with van der Waals surface area (Å²) in [6, 6.07) is 11.8. The van der Waals surface area contributed by atoms with Gasteiger partial charge in [0.1, 0.15) is 0 Å². The summed E-state index contributed by atoms with van der Waals surface area (Å²) in [5.41, 5.74) is 1.88. The Morgan fingerprint density at radius 2 is 2.06 bits per heavy atom. The predicted molar refractivity (Wildman–Crippen MR) is 65.5 cm³/mol. The van der Waals surface area contributed by atoms with E-state index in [4.69, 9.17) is 5.11 Å². The van der Waals surface area contributed by atoms with Crippen LogP contribution in [-0.4, -0.2) is 21.8 Å². The number of carboxylic acids is 1. The Labute approximate surface area is 97.5 Å². The van der Waals surface area contributed by atoms with Crippen molar-refractivity contribution in [3.8, 4) is 0 Å². The highest BCUT2D eigenvalue weighted by Gasteiger charge is 2.00. The molecule has 0 amide bonds. The molecule has 0 radical (unpaired) electrons. The number of nitrogens with zero attached hydrogens (tertiary/aromatic N) is 1. The average Bonchev–Trinajstić information content (AvgIpc) is 2.28. The van der Waals surface area contributed by atoms with Crippen LogP contribution in [-0.2, 0) is 10.5 Å². The van der Waals surface area contributed by atoms with Crippen LogP contribution in [0.3, 0.4) is 0 Å². The Morgan fingerprint density at radius 3 is 2.88 bits per heavy atom. The lowest BCUT2D eigenvalue weighted by atomic mass is 10.2. The van der Waals surface area contributed by atoms with Crippen molar-refractivity contribution in [1.29, 1.82) is 0 Å². The summed E-state index contributed by atoms with van der Waals surface area (Å²) in [5, 5.41) is 9.63. The molecule has 4 heteroatoms. The van der Waals surface area contributed by atoms with Crippen molar-refractivity contribution in [3.05, 3.63) is 42.1 Å². The van der Waals surface area contributed by atoms with Gasteiger partial charge in [-0.25, -0.2) is 0 Å². The summed E-state index contributed by atoms with van der Waals surface area (Å²) < 4.78 is 0. The molecule has 1 heterocycles. The molecule has 1 N–H and O–H groups in total. The monoisotopic (exact) mass is 233 g/mol. The molecule has 0 spiro atoms. The fourth-order valence-corrected chi connectivity index (χ4v) is 2.08. The molecule has 0 atom stereocenters. The van der Waals surface area contributed by atoms with Gasteiger partial charge in [0.2, 0.25) is 0 Å². The summed E-state index contributed by atoms with van der Waals surface area (Å²) in [4.78, 5) is 14.8. The number of aliphatic carboxylic acids is 1. The Kier molecular flexibility index (Phi) is 3.41. The van der Waals surface area contributed by atoms with Gasteiger partial charge in [-0.2, -0.15) is 0 Å². The number of thioether (sulfide) groups is 1. The van der Waals surface area contributed by atoms with Crippen LogP contribution in [0, 0.1) is 0 Å². The predicted octanol–water partition coefficient (Wildman–Crippen LogP) is 2.55. The van der Waals surface area contributed by atoms with E-state index < -0.39 is 5.97 Å². The fourth-order valence-electron chi connectivity index (χ4n) is 1.43. The molecule has 1 aromatic carbocycles.